The van der Waals surface area contributed by atoms with E-state index in [1.165, 1.54) is 12.8 Å². The van der Waals surface area contributed by atoms with Gasteiger partial charge in [-0.1, -0.05) is 39.9 Å². The number of aliphatic hydroxyl groups is 2. The van der Waals surface area contributed by atoms with Crippen LogP contribution in [0.25, 0.3) is 0 Å². The lowest BCUT2D eigenvalue weighted by atomic mass is 9.90. The lowest BCUT2D eigenvalue weighted by Crippen LogP contribution is -2.35. The summed E-state index contributed by atoms with van der Waals surface area (Å²) < 4.78 is 5.17. The highest BCUT2D eigenvalue weighted by atomic mass is 31.1. The van der Waals surface area contributed by atoms with Crippen molar-refractivity contribution in [3.8, 4) is 0 Å². The molecule has 0 spiro atoms. The van der Waals surface area contributed by atoms with Crippen LogP contribution >= 0.6 is 8.20 Å². The molecule has 102 valence electrons. The largest absolute Gasteiger partial charge is 0.387 e. The quantitative estimate of drug-likeness (QED) is 0.470. The highest BCUT2D eigenvalue weighted by molar-refractivity contribution is 7.36. The number of rotatable bonds is 10. The van der Waals surface area contributed by atoms with E-state index in [4.69, 9.17) is 4.74 Å². The van der Waals surface area contributed by atoms with Crippen molar-refractivity contribution in [2.45, 2.75) is 64.5 Å². The second-order valence-corrected chi connectivity index (χ2v) is 5.64. The second-order valence-electron chi connectivity index (χ2n) is 4.83. The predicted molar refractivity (Wildman–Crippen MR) is 74.5 cm³/mol. The van der Waals surface area contributed by atoms with Crippen LogP contribution in [0.2, 0.25) is 0 Å². The summed E-state index contributed by atoms with van der Waals surface area (Å²) in [7, 11) is 0.535. The van der Waals surface area contributed by atoms with Crippen LogP contribution in [0, 0.1) is 5.92 Å². The number of ether oxygens (including phenoxy) is 1. The molecular formula is C13H27O3P. The van der Waals surface area contributed by atoms with Gasteiger partial charge >= 0.3 is 0 Å². The summed E-state index contributed by atoms with van der Waals surface area (Å²) in [6, 6.07) is -0.888. The van der Waals surface area contributed by atoms with Crippen LogP contribution in [0.1, 0.15) is 52.9 Å². The molecule has 0 aromatic rings. The Labute approximate surface area is 107 Å². The smallest absolute Gasteiger partial charge is 0.197 e. The highest BCUT2D eigenvalue weighted by Gasteiger charge is 2.26. The van der Waals surface area contributed by atoms with Gasteiger partial charge in [0.25, 0.3) is 0 Å². The topological polar surface area (TPSA) is 49.7 Å². The molecule has 0 radical (unpaired) electrons. The first-order valence-corrected chi connectivity index (χ1v) is 7.60. The van der Waals surface area contributed by atoms with Crippen molar-refractivity contribution in [1.29, 1.82) is 0 Å². The van der Waals surface area contributed by atoms with E-state index < -0.39 is 11.6 Å². The Kier molecular flexibility index (Phi) is 9.07. The summed E-state index contributed by atoms with van der Waals surface area (Å²) in [5.41, 5.74) is -0.812. The van der Waals surface area contributed by atoms with Crippen LogP contribution < -0.4 is 0 Å². The van der Waals surface area contributed by atoms with Crippen LogP contribution in [0.15, 0.2) is 0 Å². The van der Waals surface area contributed by atoms with E-state index in [-0.39, 0.29) is 6.61 Å². The fourth-order valence-electron chi connectivity index (χ4n) is 1.79. The van der Waals surface area contributed by atoms with Gasteiger partial charge < -0.3 is 14.9 Å². The zero-order valence-corrected chi connectivity index (χ0v) is 12.2. The normalized spacial score (nSPS) is 18.9. The van der Waals surface area contributed by atoms with Gasteiger partial charge in [0.1, 0.15) is 0 Å². The van der Waals surface area contributed by atoms with Gasteiger partial charge in [0.05, 0.1) is 12.2 Å². The summed E-state index contributed by atoms with van der Waals surface area (Å²) in [5.74, 6) is 0.633. The number of aliphatic hydroxyl groups excluding tert-OH is 1. The maximum atomic E-state index is 10.3. The lowest BCUT2D eigenvalue weighted by Gasteiger charge is -2.28. The Morgan fingerprint density at radius 3 is 2.47 bits per heavy atom. The van der Waals surface area contributed by atoms with Gasteiger partial charge in [-0.2, -0.15) is 0 Å². The van der Waals surface area contributed by atoms with Gasteiger partial charge in [-0.3, -0.25) is 0 Å². The van der Waals surface area contributed by atoms with Crippen LogP contribution in [0.4, 0.5) is 0 Å². The molecule has 3 nitrogen and oxygen atoms in total. The molecule has 0 fully saturated rings. The van der Waals surface area contributed by atoms with Crippen molar-refractivity contribution in [2.24, 2.45) is 5.92 Å². The molecule has 0 saturated carbocycles. The molecule has 2 N–H and O–H groups in total. The SMILES string of the molecule is C=PC(O)OCC(O)(CC)CCC(C)CCC. The standard InChI is InChI=1S/C13H27O3P/c1-5-7-11(3)8-9-13(15,6-2)10-16-12(14)17-4/h11-12,14-15H,4-10H2,1-3H3. The zero-order chi connectivity index (χ0) is 13.3. The molecule has 3 unspecified atom stereocenters. The first-order chi connectivity index (χ1) is 7.97. The van der Waals surface area contributed by atoms with Crippen LogP contribution in [0.5, 0.6) is 0 Å². The first-order valence-electron chi connectivity index (χ1n) is 6.45. The predicted octanol–water partition coefficient (Wildman–Crippen LogP) is 3.01. The Balaban J connectivity index is 4.04. The van der Waals surface area contributed by atoms with Gasteiger partial charge in [-0.15, -0.1) is 0 Å². The summed E-state index contributed by atoms with van der Waals surface area (Å²) in [6.07, 6.45) is 8.28. The summed E-state index contributed by atoms with van der Waals surface area (Å²) in [5, 5.41) is 19.6. The van der Waals surface area contributed by atoms with Gasteiger partial charge in [-0.25, -0.2) is 0 Å². The molecule has 0 aromatic heterocycles. The van der Waals surface area contributed by atoms with Gasteiger partial charge in [0, 0.05) is 0 Å². The van der Waals surface area contributed by atoms with Crippen molar-refractivity contribution < 1.29 is 14.9 Å². The highest BCUT2D eigenvalue weighted by Crippen LogP contribution is 2.24. The summed E-state index contributed by atoms with van der Waals surface area (Å²) >= 11 is 0. The van der Waals surface area contributed by atoms with Crippen molar-refractivity contribution in [1.82, 2.24) is 0 Å². The minimum atomic E-state index is -0.888. The minimum absolute atomic E-state index is 0.187. The van der Waals surface area contributed by atoms with Crippen LogP contribution in [-0.4, -0.2) is 34.8 Å². The van der Waals surface area contributed by atoms with Crippen LogP contribution in [0.3, 0.4) is 0 Å². The average Bonchev–Trinajstić information content (AvgIpc) is 2.34. The van der Waals surface area contributed by atoms with Gasteiger partial charge in [0.2, 0.25) is 0 Å². The Morgan fingerprint density at radius 2 is 2.00 bits per heavy atom. The monoisotopic (exact) mass is 262 g/mol. The molecule has 17 heavy (non-hydrogen) atoms. The third-order valence-corrected chi connectivity index (χ3v) is 3.66. The molecule has 0 rings (SSSR count). The van der Waals surface area contributed by atoms with Crippen molar-refractivity contribution in [2.75, 3.05) is 6.61 Å². The summed E-state index contributed by atoms with van der Waals surface area (Å²) in [6.45, 7) is 6.52. The van der Waals surface area contributed by atoms with Gasteiger partial charge in [-0.05, 0) is 33.4 Å². The fraction of sp³-hybridized carbons (Fsp3) is 0.923. The molecule has 3 atom stereocenters. The van der Waals surface area contributed by atoms with Crippen LogP contribution in [-0.2, 0) is 4.74 Å². The lowest BCUT2D eigenvalue weighted by molar-refractivity contribution is -0.113. The Hall–Kier alpha value is 0.0500. The molecular weight excluding hydrogens is 235 g/mol. The third-order valence-electron chi connectivity index (χ3n) is 3.20. The van der Waals surface area contributed by atoms with E-state index in [0.29, 0.717) is 20.5 Å². The molecule has 0 amide bonds. The fourth-order valence-corrected chi connectivity index (χ4v) is 1.97. The van der Waals surface area contributed by atoms with Crippen molar-refractivity contribution in [3.05, 3.63) is 0 Å². The molecule has 0 bridgehead atoms. The molecule has 0 aromatic carbocycles. The molecule has 4 heteroatoms. The molecule has 0 aliphatic heterocycles. The average molecular weight is 262 g/mol. The van der Waals surface area contributed by atoms with E-state index in [2.05, 4.69) is 20.1 Å². The van der Waals surface area contributed by atoms with Crippen molar-refractivity contribution >= 4 is 14.5 Å². The second kappa shape index (κ2) is 9.04. The maximum Gasteiger partial charge on any atom is 0.197 e. The maximum absolute atomic E-state index is 10.3. The Bertz CT molecular complexity index is 211. The molecule has 0 heterocycles. The summed E-state index contributed by atoms with van der Waals surface area (Å²) in [4.78, 5) is 0. The zero-order valence-electron chi connectivity index (χ0n) is 11.4. The van der Waals surface area contributed by atoms with E-state index in [9.17, 15) is 10.2 Å². The van der Waals surface area contributed by atoms with E-state index >= 15 is 0 Å². The minimum Gasteiger partial charge on any atom is -0.387 e. The number of hydrogen-bond acceptors (Lipinski definition) is 3. The van der Waals surface area contributed by atoms with Crippen molar-refractivity contribution in [3.63, 3.8) is 0 Å². The van der Waals surface area contributed by atoms with Gasteiger partial charge in [0.15, 0.2) is 6.03 Å². The third kappa shape index (κ3) is 7.88. The van der Waals surface area contributed by atoms with E-state index in [1.54, 1.807) is 0 Å². The first kappa shape index (κ1) is 17.1. The molecule has 0 aliphatic carbocycles. The molecule has 0 saturated heterocycles. The van der Waals surface area contributed by atoms with E-state index in [0.717, 1.165) is 12.8 Å². The van der Waals surface area contributed by atoms with E-state index in [1.807, 2.05) is 6.92 Å². The molecule has 0 aliphatic rings. The number of hydrogen-bond donors (Lipinski definition) is 2. The Morgan fingerprint density at radius 1 is 1.35 bits per heavy atom.